The van der Waals surface area contributed by atoms with E-state index < -0.39 is 28.5 Å². The predicted octanol–water partition coefficient (Wildman–Crippen LogP) is 4.20. The normalized spacial score (nSPS) is 13.2. The summed E-state index contributed by atoms with van der Waals surface area (Å²) in [5, 5.41) is 3.34. The highest BCUT2D eigenvalue weighted by atomic mass is 79.9. The predicted molar refractivity (Wildman–Crippen MR) is 136 cm³/mol. The van der Waals surface area contributed by atoms with Crippen molar-refractivity contribution >= 4 is 55.1 Å². The van der Waals surface area contributed by atoms with Crippen LogP contribution in [0.4, 0.5) is 5.69 Å². The van der Waals surface area contributed by atoms with E-state index in [1.54, 1.807) is 19.1 Å². The second kappa shape index (κ2) is 11.9. The van der Waals surface area contributed by atoms with Crippen molar-refractivity contribution in [2.45, 2.75) is 45.8 Å². The smallest absolute Gasteiger partial charge is 0.244 e. The SMILES string of the molecule is CC[C@@H](C)NC(=O)[C@H](C)N(Cc1cccc(Br)c1)C(=O)CN(c1ccc(Cl)cc1)S(C)(=O)=O. The van der Waals surface area contributed by atoms with Crippen LogP contribution in [0.2, 0.25) is 5.02 Å². The number of carbonyl (C=O) groups is 2. The van der Waals surface area contributed by atoms with Gasteiger partial charge in [0.05, 0.1) is 11.9 Å². The van der Waals surface area contributed by atoms with E-state index in [4.69, 9.17) is 11.6 Å². The van der Waals surface area contributed by atoms with E-state index in [9.17, 15) is 18.0 Å². The van der Waals surface area contributed by atoms with E-state index in [2.05, 4.69) is 21.2 Å². The number of nitrogens with one attached hydrogen (secondary N) is 1. The molecule has 0 radical (unpaired) electrons. The van der Waals surface area contributed by atoms with Gasteiger partial charge in [-0.05, 0) is 62.2 Å². The third-order valence-electron chi connectivity index (χ3n) is 5.20. The van der Waals surface area contributed by atoms with E-state index in [-0.39, 0.29) is 18.5 Å². The van der Waals surface area contributed by atoms with Gasteiger partial charge in [-0.15, -0.1) is 0 Å². The second-order valence-corrected chi connectivity index (χ2v) is 11.2. The van der Waals surface area contributed by atoms with E-state index in [0.717, 1.165) is 27.0 Å². The van der Waals surface area contributed by atoms with Crippen LogP contribution in [0.3, 0.4) is 0 Å². The Hall–Kier alpha value is -2.10. The molecule has 0 aliphatic rings. The van der Waals surface area contributed by atoms with E-state index in [1.165, 1.54) is 17.0 Å². The number of nitrogens with zero attached hydrogens (tertiary/aromatic N) is 2. The summed E-state index contributed by atoms with van der Waals surface area (Å²) in [6.07, 6.45) is 1.78. The van der Waals surface area contributed by atoms with Crippen LogP contribution in [0.25, 0.3) is 0 Å². The first kappa shape index (κ1) is 27.1. The minimum atomic E-state index is -3.77. The first-order valence-corrected chi connectivity index (χ1v) is 13.5. The van der Waals surface area contributed by atoms with Gasteiger partial charge in [-0.2, -0.15) is 0 Å². The van der Waals surface area contributed by atoms with E-state index in [1.807, 2.05) is 38.1 Å². The molecule has 0 bridgehead atoms. The summed E-state index contributed by atoms with van der Waals surface area (Å²) < 4.78 is 26.9. The van der Waals surface area contributed by atoms with Gasteiger partial charge in [0, 0.05) is 22.1 Å². The number of benzene rings is 2. The fourth-order valence-electron chi connectivity index (χ4n) is 3.10. The van der Waals surface area contributed by atoms with Crippen LogP contribution in [0.15, 0.2) is 53.0 Å². The Morgan fingerprint density at radius 2 is 1.76 bits per heavy atom. The van der Waals surface area contributed by atoms with E-state index >= 15 is 0 Å². The molecule has 2 aromatic rings. The molecular formula is C23H29BrClN3O4S. The molecule has 0 aromatic heterocycles. The second-order valence-electron chi connectivity index (χ2n) is 7.89. The molecule has 0 aliphatic carbocycles. The summed E-state index contributed by atoms with van der Waals surface area (Å²) in [5.74, 6) is -0.799. The molecule has 0 unspecified atom stereocenters. The quantitative estimate of drug-likeness (QED) is 0.474. The standard InChI is InChI=1S/C23H29BrClN3O4S/c1-5-16(2)26-23(30)17(3)27(14-18-7-6-8-19(24)13-18)22(29)15-28(33(4,31)32)21-11-9-20(25)10-12-21/h6-13,16-17H,5,14-15H2,1-4H3,(H,26,30)/t16-,17+/m1/s1. The van der Waals surface area contributed by atoms with Crippen molar-refractivity contribution in [2.24, 2.45) is 0 Å². The highest BCUT2D eigenvalue weighted by Gasteiger charge is 2.30. The Bertz CT molecular complexity index is 1080. The number of hydrogen-bond donors (Lipinski definition) is 1. The third-order valence-corrected chi connectivity index (χ3v) is 7.09. The number of halogens is 2. The molecule has 2 rings (SSSR count). The van der Waals surface area contributed by atoms with Gasteiger partial charge in [-0.3, -0.25) is 13.9 Å². The molecule has 1 N–H and O–H groups in total. The summed E-state index contributed by atoms with van der Waals surface area (Å²) >= 11 is 9.35. The Balaban J connectivity index is 2.37. The largest absolute Gasteiger partial charge is 0.352 e. The summed E-state index contributed by atoms with van der Waals surface area (Å²) in [5.41, 5.74) is 1.12. The van der Waals surface area contributed by atoms with Crippen LogP contribution in [0, 0.1) is 0 Å². The molecule has 33 heavy (non-hydrogen) atoms. The van der Waals surface area contributed by atoms with Gasteiger partial charge in [0.15, 0.2) is 0 Å². The molecule has 0 spiro atoms. The Morgan fingerprint density at radius 3 is 2.30 bits per heavy atom. The van der Waals surface area contributed by atoms with Crippen molar-refractivity contribution in [2.75, 3.05) is 17.1 Å². The van der Waals surface area contributed by atoms with Gasteiger partial charge < -0.3 is 10.2 Å². The minimum absolute atomic E-state index is 0.0515. The number of carbonyl (C=O) groups excluding carboxylic acids is 2. The zero-order valence-corrected chi connectivity index (χ0v) is 22.2. The van der Waals surface area contributed by atoms with Crippen molar-refractivity contribution in [1.82, 2.24) is 10.2 Å². The van der Waals surface area contributed by atoms with Gasteiger partial charge in [0.25, 0.3) is 0 Å². The molecule has 0 saturated carbocycles. The highest BCUT2D eigenvalue weighted by Crippen LogP contribution is 2.22. The van der Waals surface area contributed by atoms with Crippen LogP contribution in [0.5, 0.6) is 0 Å². The highest BCUT2D eigenvalue weighted by molar-refractivity contribution is 9.10. The van der Waals surface area contributed by atoms with Crippen LogP contribution in [-0.4, -0.2) is 50.0 Å². The Kier molecular flexibility index (Phi) is 9.75. The van der Waals surface area contributed by atoms with Crippen LogP contribution < -0.4 is 9.62 Å². The van der Waals surface area contributed by atoms with Gasteiger partial charge in [0.2, 0.25) is 21.8 Å². The Morgan fingerprint density at radius 1 is 1.12 bits per heavy atom. The Labute approximate surface area is 209 Å². The van der Waals surface area contributed by atoms with Gasteiger partial charge >= 0.3 is 0 Å². The number of hydrogen-bond acceptors (Lipinski definition) is 4. The van der Waals surface area contributed by atoms with Gasteiger partial charge in [-0.1, -0.05) is 46.6 Å². The minimum Gasteiger partial charge on any atom is -0.352 e. The molecule has 0 fully saturated rings. The average Bonchev–Trinajstić information content (AvgIpc) is 2.75. The number of amides is 2. The van der Waals surface area contributed by atoms with Crippen molar-refractivity contribution in [3.05, 3.63) is 63.6 Å². The van der Waals surface area contributed by atoms with Crippen LogP contribution >= 0.6 is 27.5 Å². The first-order chi connectivity index (χ1) is 15.4. The monoisotopic (exact) mass is 557 g/mol. The van der Waals surface area contributed by atoms with Crippen molar-refractivity contribution < 1.29 is 18.0 Å². The van der Waals surface area contributed by atoms with Crippen molar-refractivity contribution in [1.29, 1.82) is 0 Å². The lowest BCUT2D eigenvalue weighted by molar-refractivity contribution is -0.139. The lowest BCUT2D eigenvalue weighted by atomic mass is 10.1. The maximum atomic E-state index is 13.4. The summed E-state index contributed by atoms with van der Waals surface area (Å²) in [6.45, 7) is 5.18. The van der Waals surface area contributed by atoms with Gasteiger partial charge in [0.1, 0.15) is 12.6 Å². The molecule has 2 aromatic carbocycles. The molecule has 10 heteroatoms. The zero-order chi connectivity index (χ0) is 24.8. The summed E-state index contributed by atoms with van der Waals surface area (Å²) in [4.78, 5) is 27.7. The molecule has 2 amide bonds. The molecule has 0 aliphatic heterocycles. The van der Waals surface area contributed by atoms with Crippen LogP contribution in [-0.2, 0) is 26.2 Å². The van der Waals surface area contributed by atoms with Gasteiger partial charge in [-0.25, -0.2) is 8.42 Å². The lowest BCUT2D eigenvalue weighted by Gasteiger charge is -2.32. The molecule has 7 nitrogen and oxygen atoms in total. The first-order valence-electron chi connectivity index (χ1n) is 10.5. The maximum Gasteiger partial charge on any atom is 0.244 e. The molecular weight excluding hydrogens is 530 g/mol. The number of rotatable bonds is 10. The fraction of sp³-hybridized carbons (Fsp3) is 0.391. The molecule has 2 atom stereocenters. The third kappa shape index (κ3) is 8.01. The topological polar surface area (TPSA) is 86.8 Å². The van der Waals surface area contributed by atoms with E-state index in [0.29, 0.717) is 10.7 Å². The van der Waals surface area contributed by atoms with Crippen LogP contribution in [0.1, 0.15) is 32.8 Å². The fourth-order valence-corrected chi connectivity index (χ4v) is 4.52. The molecule has 0 saturated heterocycles. The number of sulfonamides is 1. The molecule has 0 heterocycles. The lowest BCUT2D eigenvalue weighted by Crippen LogP contribution is -2.52. The maximum absolute atomic E-state index is 13.4. The number of anilines is 1. The van der Waals surface area contributed by atoms with Crippen molar-refractivity contribution in [3.63, 3.8) is 0 Å². The summed E-state index contributed by atoms with van der Waals surface area (Å²) in [6, 6.07) is 12.7. The van der Waals surface area contributed by atoms with Crippen molar-refractivity contribution in [3.8, 4) is 0 Å². The zero-order valence-electron chi connectivity index (χ0n) is 19.1. The summed E-state index contributed by atoms with van der Waals surface area (Å²) in [7, 11) is -3.77. The average molecular weight is 559 g/mol. The molecule has 180 valence electrons.